The Morgan fingerprint density at radius 1 is 1.32 bits per heavy atom. The number of carbonyl (C=O) groups excluding carboxylic acids is 1. The zero-order valence-electron chi connectivity index (χ0n) is 11.7. The molecule has 2 rings (SSSR count). The number of hydrogen-bond acceptors (Lipinski definition) is 2. The summed E-state index contributed by atoms with van der Waals surface area (Å²) in [4.78, 5) is 11.7. The lowest BCUT2D eigenvalue weighted by Crippen LogP contribution is -2.28. The molecular weight excluding hydrogens is 236 g/mol. The first-order valence-electron chi connectivity index (χ1n) is 6.72. The maximum atomic E-state index is 11.7. The van der Waals surface area contributed by atoms with Crippen LogP contribution in [-0.2, 0) is 10.2 Å². The molecule has 0 heterocycles. The number of nitrogens with one attached hydrogen (secondary N) is 1. The van der Waals surface area contributed by atoms with Gasteiger partial charge in [-0.2, -0.15) is 5.26 Å². The van der Waals surface area contributed by atoms with Gasteiger partial charge in [0.1, 0.15) is 6.04 Å². The van der Waals surface area contributed by atoms with Crippen LogP contribution < -0.4 is 5.32 Å². The van der Waals surface area contributed by atoms with Crippen LogP contribution in [0.1, 0.15) is 50.8 Å². The van der Waals surface area contributed by atoms with Crippen molar-refractivity contribution in [1.82, 2.24) is 5.32 Å². The van der Waals surface area contributed by atoms with E-state index in [2.05, 4.69) is 32.2 Å². The molecule has 1 unspecified atom stereocenters. The molecule has 1 aromatic carbocycles. The molecule has 1 atom stereocenters. The van der Waals surface area contributed by atoms with Crippen LogP contribution in [-0.4, -0.2) is 5.91 Å². The van der Waals surface area contributed by atoms with Crippen LogP contribution in [0.2, 0.25) is 0 Å². The summed E-state index contributed by atoms with van der Waals surface area (Å²) in [7, 11) is 0. The van der Waals surface area contributed by atoms with E-state index >= 15 is 0 Å². The van der Waals surface area contributed by atoms with Crippen molar-refractivity contribution in [2.45, 2.75) is 45.1 Å². The SMILES string of the molecule is CC(C)(C)c1ccc(C(C#N)NC(=O)C2CC2)cc1. The molecule has 0 radical (unpaired) electrons. The second-order valence-corrected chi connectivity index (χ2v) is 6.22. The van der Waals surface area contributed by atoms with E-state index < -0.39 is 6.04 Å². The Bertz CT molecular complexity index is 501. The van der Waals surface area contributed by atoms with Gasteiger partial charge in [-0.25, -0.2) is 0 Å². The summed E-state index contributed by atoms with van der Waals surface area (Å²) in [6.07, 6.45) is 1.90. The van der Waals surface area contributed by atoms with Crippen molar-refractivity contribution >= 4 is 5.91 Å². The Morgan fingerprint density at radius 3 is 2.32 bits per heavy atom. The predicted octanol–water partition coefficient (Wildman–Crippen LogP) is 3.07. The largest absolute Gasteiger partial charge is 0.336 e. The monoisotopic (exact) mass is 256 g/mol. The fraction of sp³-hybridized carbons (Fsp3) is 0.500. The van der Waals surface area contributed by atoms with Crippen LogP contribution in [0.15, 0.2) is 24.3 Å². The molecule has 3 nitrogen and oxygen atoms in total. The number of amides is 1. The molecule has 0 aromatic heterocycles. The van der Waals surface area contributed by atoms with Crippen LogP contribution in [0.25, 0.3) is 0 Å². The van der Waals surface area contributed by atoms with Crippen LogP contribution in [0, 0.1) is 17.2 Å². The van der Waals surface area contributed by atoms with Crippen molar-refractivity contribution in [2.75, 3.05) is 0 Å². The number of benzene rings is 1. The van der Waals surface area contributed by atoms with Crippen LogP contribution in [0.3, 0.4) is 0 Å². The van der Waals surface area contributed by atoms with Gasteiger partial charge in [-0.05, 0) is 29.4 Å². The van der Waals surface area contributed by atoms with E-state index in [1.54, 1.807) is 0 Å². The van der Waals surface area contributed by atoms with Gasteiger partial charge in [0.2, 0.25) is 5.91 Å². The first kappa shape index (κ1) is 13.6. The number of carbonyl (C=O) groups is 1. The Labute approximate surface area is 114 Å². The highest BCUT2D eigenvalue weighted by Gasteiger charge is 2.31. The van der Waals surface area contributed by atoms with Gasteiger partial charge >= 0.3 is 0 Å². The first-order chi connectivity index (χ1) is 8.91. The summed E-state index contributed by atoms with van der Waals surface area (Å²) in [5.74, 6) is 0.135. The van der Waals surface area contributed by atoms with Crippen molar-refractivity contribution in [3.63, 3.8) is 0 Å². The van der Waals surface area contributed by atoms with Crippen molar-refractivity contribution < 1.29 is 4.79 Å². The van der Waals surface area contributed by atoms with Crippen molar-refractivity contribution in [1.29, 1.82) is 5.26 Å². The molecule has 1 N–H and O–H groups in total. The Morgan fingerprint density at radius 2 is 1.89 bits per heavy atom. The fourth-order valence-corrected chi connectivity index (χ4v) is 1.97. The first-order valence-corrected chi connectivity index (χ1v) is 6.72. The average molecular weight is 256 g/mol. The van der Waals surface area contributed by atoms with Crippen LogP contribution >= 0.6 is 0 Å². The zero-order chi connectivity index (χ0) is 14.0. The molecule has 1 aromatic rings. The molecule has 3 heteroatoms. The third-order valence-corrected chi connectivity index (χ3v) is 3.47. The van der Waals surface area contributed by atoms with Crippen molar-refractivity contribution in [3.8, 4) is 6.07 Å². The molecule has 1 aliphatic carbocycles. The summed E-state index contributed by atoms with van der Waals surface area (Å²) in [5.41, 5.74) is 2.17. The van der Waals surface area contributed by atoms with E-state index in [0.29, 0.717) is 0 Å². The quantitative estimate of drug-likeness (QED) is 0.903. The summed E-state index contributed by atoms with van der Waals surface area (Å²) in [5, 5.41) is 12.0. The van der Waals surface area contributed by atoms with Gasteiger partial charge in [-0.15, -0.1) is 0 Å². The van der Waals surface area contributed by atoms with Gasteiger partial charge in [0.05, 0.1) is 6.07 Å². The molecule has 0 bridgehead atoms. The molecule has 19 heavy (non-hydrogen) atoms. The van der Waals surface area contributed by atoms with Crippen LogP contribution in [0.5, 0.6) is 0 Å². The van der Waals surface area contributed by atoms with Gasteiger partial charge in [0, 0.05) is 5.92 Å². The topological polar surface area (TPSA) is 52.9 Å². The maximum Gasteiger partial charge on any atom is 0.224 e. The van der Waals surface area contributed by atoms with E-state index in [0.717, 1.165) is 18.4 Å². The number of nitrogens with zero attached hydrogens (tertiary/aromatic N) is 1. The third-order valence-electron chi connectivity index (χ3n) is 3.47. The normalized spacial score (nSPS) is 16.5. The van der Waals surface area contributed by atoms with Crippen LogP contribution in [0.4, 0.5) is 0 Å². The highest BCUT2D eigenvalue weighted by Crippen LogP contribution is 2.30. The summed E-state index contributed by atoms with van der Waals surface area (Å²) >= 11 is 0. The minimum absolute atomic E-state index is 0.00597. The number of rotatable bonds is 3. The lowest BCUT2D eigenvalue weighted by Gasteiger charge is -2.20. The second-order valence-electron chi connectivity index (χ2n) is 6.22. The van der Waals surface area contributed by atoms with Crippen molar-refractivity contribution in [2.24, 2.45) is 5.92 Å². The Kier molecular flexibility index (Phi) is 3.61. The molecule has 100 valence electrons. The number of hydrogen-bond donors (Lipinski definition) is 1. The molecule has 0 spiro atoms. The molecule has 1 amide bonds. The van der Waals surface area contributed by atoms with E-state index in [1.807, 2.05) is 24.3 Å². The van der Waals surface area contributed by atoms with Gasteiger partial charge in [0.15, 0.2) is 0 Å². The molecule has 1 aliphatic rings. The minimum atomic E-state index is -0.540. The van der Waals surface area contributed by atoms with Crippen molar-refractivity contribution in [3.05, 3.63) is 35.4 Å². The summed E-state index contributed by atoms with van der Waals surface area (Å²) in [6.45, 7) is 6.45. The number of nitriles is 1. The molecule has 0 saturated heterocycles. The van der Waals surface area contributed by atoms with Gasteiger partial charge in [-0.3, -0.25) is 4.79 Å². The second kappa shape index (κ2) is 5.05. The lowest BCUT2D eigenvalue weighted by atomic mass is 9.86. The minimum Gasteiger partial charge on any atom is -0.336 e. The summed E-state index contributed by atoms with van der Waals surface area (Å²) < 4.78 is 0. The van der Waals surface area contributed by atoms with E-state index in [9.17, 15) is 10.1 Å². The fourth-order valence-electron chi connectivity index (χ4n) is 1.97. The van der Waals surface area contributed by atoms with Gasteiger partial charge < -0.3 is 5.32 Å². The summed E-state index contributed by atoms with van der Waals surface area (Å²) in [6, 6.07) is 9.54. The highest BCUT2D eigenvalue weighted by molar-refractivity contribution is 5.81. The zero-order valence-corrected chi connectivity index (χ0v) is 11.7. The molecular formula is C16H20N2O. The highest BCUT2D eigenvalue weighted by atomic mass is 16.2. The third kappa shape index (κ3) is 3.35. The van der Waals surface area contributed by atoms with E-state index in [1.165, 1.54) is 5.56 Å². The standard InChI is InChI=1S/C16H20N2O/c1-16(2,3)13-8-6-11(7-9-13)14(10-17)18-15(19)12-4-5-12/h6-9,12,14H,4-5H2,1-3H3,(H,18,19). The predicted molar refractivity (Wildman–Crippen MR) is 74.4 cm³/mol. The van der Waals surface area contributed by atoms with E-state index in [4.69, 9.17) is 0 Å². The molecule has 1 saturated carbocycles. The Hall–Kier alpha value is -1.82. The Balaban J connectivity index is 2.10. The molecule has 1 fully saturated rings. The maximum absolute atomic E-state index is 11.7. The van der Waals surface area contributed by atoms with Gasteiger partial charge in [-0.1, -0.05) is 45.0 Å². The smallest absolute Gasteiger partial charge is 0.224 e. The van der Waals surface area contributed by atoms with Gasteiger partial charge in [0.25, 0.3) is 0 Å². The average Bonchev–Trinajstić information content (AvgIpc) is 3.19. The lowest BCUT2D eigenvalue weighted by molar-refractivity contribution is -0.122. The molecule has 0 aliphatic heterocycles. The van der Waals surface area contributed by atoms with E-state index in [-0.39, 0.29) is 17.2 Å².